The highest BCUT2D eigenvalue weighted by atomic mass is 32.2. The van der Waals surface area contributed by atoms with E-state index in [9.17, 15) is 13.2 Å². The summed E-state index contributed by atoms with van der Waals surface area (Å²) in [6, 6.07) is 14.7. The van der Waals surface area contributed by atoms with Gasteiger partial charge in [0.2, 0.25) is 0 Å². The van der Waals surface area contributed by atoms with Crippen LogP contribution in [-0.2, 0) is 10.0 Å². The number of carbonyl (C=O) groups is 1. The molecule has 0 spiro atoms. The molecular formula is C21H28N2O3S. The average Bonchev–Trinajstić information content (AvgIpc) is 2.53. The van der Waals surface area contributed by atoms with Crippen LogP contribution < -0.4 is 10.0 Å². The van der Waals surface area contributed by atoms with E-state index < -0.39 is 15.6 Å². The lowest BCUT2D eigenvalue weighted by Crippen LogP contribution is -2.46. The number of anilines is 1. The topological polar surface area (TPSA) is 75.3 Å². The van der Waals surface area contributed by atoms with Gasteiger partial charge in [0.05, 0.1) is 16.1 Å². The summed E-state index contributed by atoms with van der Waals surface area (Å²) in [5.41, 5.74) is 0.163. The lowest BCUT2D eigenvalue weighted by atomic mass is 9.81. The molecule has 1 amide bonds. The molecule has 2 aromatic carbocycles. The van der Waals surface area contributed by atoms with E-state index in [-0.39, 0.29) is 21.9 Å². The van der Waals surface area contributed by atoms with Crippen molar-refractivity contribution < 1.29 is 13.2 Å². The number of benzene rings is 2. The van der Waals surface area contributed by atoms with Gasteiger partial charge in [-0.05, 0) is 49.9 Å². The maximum atomic E-state index is 12.8. The number of rotatable bonds is 6. The van der Waals surface area contributed by atoms with Gasteiger partial charge in [0.15, 0.2) is 0 Å². The molecule has 27 heavy (non-hydrogen) atoms. The number of amides is 1. The molecule has 146 valence electrons. The van der Waals surface area contributed by atoms with Crippen LogP contribution in [0.25, 0.3) is 0 Å². The van der Waals surface area contributed by atoms with Crippen LogP contribution in [0.3, 0.4) is 0 Å². The SMILES string of the molecule is CC(C)(C)CC(C)(C)NC(=O)c1ccccc1NS(=O)(=O)c1ccccc1. The number of hydrogen-bond donors (Lipinski definition) is 2. The number of carbonyl (C=O) groups excluding carboxylic acids is 1. The molecule has 0 unspecified atom stereocenters. The van der Waals surface area contributed by atoms with Gasteiger partial charge < -0.3 is 5.32 Å². The zero-order valence-corrected chi connectivity index (χ0v) is 17.4. The molecule has 2 N–H and O–H groups in total. The van der Waals surface area contributed by atoms with Crippen LogP contribution in [0.5, 0.6) is 0 Å². The van der Waals surface area contributed by atoms with Crippen LogP contribution in [0.15, 0.2) is 59.5 Å². The number of nitrogens with one attached hydrogen (secondary N) is 2. The van der Waals surface area contributed by atoms with Crippen LogP contribution in [0.1, 0.15) is 51.4 Å². The van der Waals surface area contributed by atoms with Crippen LogP contribution in [0.4, 0.5) is 5.69 Å². The smallest absolute Gasteiger partial charge is 0.261 e. The van der Waals surface area contributed by atoms with Crippen molar-refractivity contribution in [3.05, 3.63) is 60.2 Å². The Bertz CT molecular complexity index is 899. The van der Waals surface area contributed by atoms with Crippen LogP contribution in [0, 0.1) is 5.41 Å². The summed E-state index contributed by atoms with van der Waals surface area (Å²) in [5, 5.41) is 3.02. The molecule has 6 heteroatoms. The van der Waals surface area contributed by atoms with E-state index in [0.717, 1.165) is 6.42 Å². The molecule has 0 bridgehead atoms. The minimum Gasteiger partial charge on any atom is -0.347 e. The Kier molecular flexibility index (Phi) is 6.00. The van der Waals surface area contributed by atoms with Gasteiger partial charge in [0.25, 0.3) is 15.9 Å². The average molecular weight is 389 g/mol. The largest absolute Gasteiger partial charge is 0.347 e. The van der Waals surface area contributed by atoms with Crippen molar-refractivity contribution in [3.63, 3.8) is 0 Å². The van der Waals surface area contributed by atoms with Gasteiger partial charge in [0.1, 0.15) is 0 Å². The Hall–Kier alpha value is -2.34. The number of hydrogen-bond acceptors (Lipinski definition) is 3. The Labute approximate surface area is 162 Å². The highest BCUT2D eigenvalue weighted by Crippen LogP contribution is 2.28. The van der Waals surface area contributed by atoms with Gasteiger partial charge in [0, 0.05) is 5.54 Å². The van der Waals surface area contributed by atoms with Crippen LogP contribution in [0.2, 0.25) is 0 Å². The van der Waals surface area contributed by atoms with Crippen LogP contribution in [-0.4, -0.2) is 19.9 Å². The van der Waals surface area contributed by atoms with E-state index in [1.54, 1.807) is 42.5 Å². The first kappa shape index (κ1) is 21.0. The van der Waals surface area contributed by atoms with E-state index in [0.29, 0.717) is 5.56 Å². The van der Waals surface area contributed by atoms with E-state index in [1.165, 1.54) is 12.1 Å². The van der Waals surface area contributed by atoms with Gasteiger partial charge in [-0.1, -0.05) is 51.1 Å². The zero-order chi connectivity index (χ0) is 20.3. The standard InChI is InChI=1S/C21H28N2O3S/c1-20(2,3)15-21(4,5)22-19(24)17-13-9-10-14-18(17)23-27(25,26)16-11-7-6-8-12-16/h6-14,23H,15H2,1-5H3,(H,22,24). The minimum absolute atomic E-state index is 0.0468. The third-order valence-corrected chi connectivity index (χ3v) is 5.28. The van der Waals surface area contributed by atoms with Crippen molar-refractivity contribution in [1.82, 2.24) is 5.32 Å². The molecule has 2 aromatic rings. The molecule has 0 atom stereocenters. The predicted octanol–water partition coefficient (Wildman–Crippen LogP) is 4.43. The van der Waals surface area contributed by atoms with Crippen molar-refractivity contribution >= 4 is 21.6 Å². The van der Waals surface area contributed by atoms with Crippen molar-refractivity contribution in [2.75, 3.05) is 4.72 Å². The normalized spacial score (nSPS) is 12.5. The Morgan fingerprint density at radius 3 is 2.04 bits per heavy atom. The molecule has 0 aliphatic rings. The molecule has 2 rings (SSSR count). The van der Waals surface area contributed by atoms with Gasteiger partial charge >= 0.3 is 0 Å². The predicted molar refractivity (Wildman–Crippen MR) is 109 cm³/mol. The van der Waals surface area contributed by atoms with E-state index in [2.05, 4.69) is 30.8 Å². The molecule has 0 aliphatic heterocycles. The molecule has 0 aliphatic carbocycles. The maximum absolute atomic E-state index is 12.8. The summed E-state index contributed by atoms with van der Waals surface area (Å²) in [6.07, 6.45) is 0.781. The quantitative estimate of drug-likeness (QED) is 0.768. The molecule has 0 heterocycles. The summed E-state index contributed by atoms with van der Waals surface area (Å²) in [4.78, 5) is 13.0. The van der Waals surface area contributed by atoms with Crippen LogP contribution >= 0.6 is 0 Å². The van der Waals surface area contributed by atoms with E-state index >= 15 is 0 Å². The summed E-state index contributed by atoms with van der Waals surface area (Å²) in [6.45, 7) is 10.3. The second kappa shape index (κ2) is 7.72. The molecule has 0 aromatic heterocycles. The van der Waals surface area contributed by atoms with Crippen molar-refractivity contribution in [3.8, 4) is 0 Å². The van der Waals surface area contributed by atoms with E-state index in [1.807, 2.05) is 13.8 Å². The van der Waals surface area contributed by atoms with Crippen molar-refractivity contribution in [2.45, 2.75) is 51.5 Å². The third-order valence-electron chi connectivity index (χ3n) is 3.89. The van der Waals surface area contributed by atoms with Gasteiger partial charge in [-0.25, -0.2) is 8.42 Å². The third kappa shape index (κ3) is 6.10. The second-order valence-electron chi connectivity index (χ2n) is 8.54. The second-order valence-corrected chi connectivity index (χ2v) is 10.2. The monoisotopic (exact) mass is 388 g/mol. The molecule has 0 saturated carbocycles. The number of sulfonamides is 1. The summed E-state index contributed by atoms with van der Waals surface area (Å²) in [7, 11) is -3.77. The number of para-hydroxylation sites is 1. The molecule has 0 saturated heterocycles. The first-order valence-electron chi connectivity index (χ1n) is 8.89. The Morgan fingerprint density at radius 2 is 1.44 bits per heavy atom. The lowest BCUT2D eigenvalue weighted by molar-refractivity contribution is 0.0892. The summed E-state index contributed by atoms with van der Waals surface area (Å²) >= 11 is 0. The zero-order valence-electron chi connectivity index (χ0n) is 16.5. The lowest BCUT2D eigenvalue weighted by Gasteiger charge is -2.33. The van der Waals surface area contributed by atoms with Gasteiger partial charge in [-0.3, -0.25) is 9.52 Å². The van der Waals surface area contributed by atoms with Gasteiger partial charge in [-0.15, -0.1) is 0 Å². The molecule has 0 radical (unpaired) electrons. The summed E-state index contributed by atoms with van der Waals surface area (Å²) < 4.78 is 27.7. The fourth-order valence-corrected chi connectivity index (χ4v) is 4.42. The summed E-state index contributed by atoms with van der Waals surface area (Å²) in [5.74, 6) is -0.310. The molecule has 5 nitrogen and oxygen atoms in total. The highest BCUT2D eigenvalue weighted by molar-refractivity contribution is 7.92. The van der Waals surface area contributed by atoms with Crippen molar-refractivity contribution in [2.24, 2.45) is 5.41 Å². The van der Waals surface area contributed by atoms with Crippen molar-refractivity contribution in [1.29, 1.82) is 0 Å². The van der Waals surface area contributed by atoms with Gasteiger partial charge in [-0.2, -0.15) is 0 Å². The fraction of sp³-hybridized carbons (Fsp3) is 0.381. The fourth-order valence-electron chi connectivity index (χ4n) is 3.32. The first-order valence-corrected chi connectivity index (χ1v) is 10.4. The van der Waals surface area contributed by atoms with E-state index in [4.69, 9.17) is 0 Å². The molecule has 0 fully saturated rings. The Balaban J connectivity index is 2.27. The Morgan fingerprint density at radius 1 is 0.889 bits per heavy atom. The molecular weight excluding hydrogens is 360 g/mol. The minimum atomic E-state index is -3.77. The highest BCUT2D eigenvalue weighted by Gasteiger charge is 2.28. The first-order chi connectivity index (χ1) is 12.4. The maximum Gasteiger partial charge on any atom is 0.261 e.